The molecule has 30 heavy (non-hydrogen) atoms. The molecule has 0 unspecified atom stereocenters. The minimum atomic E-state index is -0.276. The molecule has 4 aromatic rings. The molecule has 0 saturated heterocycles. The zero-order valence-corrected chi connectivity index (χ0v) is 16.6. The molecule has 0 spiro atoms. The molecule has 7 heteroatoms. The standard InChI is InChI=1S/C23H23N5O2/c29-22(15-6-8-18-17(11-15)23(30)25-13-24-18)26-16-7-9-19-20(12-16)28-21(27-19)10-14-4-2-1-3-5-14/h6-9,11-14H,1-5,10H2,(H,26,29)(H,27,28)(H,24,25,30). The number of nitrogens with one attached hydrogen (secondary N) is 3. The summed E-state index contributed by atoms with van der Waals surface area (Å²) in [4.78, 5) is 39.4. The number of aromatic nitrogens is 4. The first-order valence-electron chi connectivity index (χ1n) is 10.4. The largest absolute Gasteiger partial charge is 0.342 e. The predicted octanol–water partition coefficient (Wildman–Crippen LogP) is 4.17. The van der Waals surface area contributed by atoms with Crippen molar-refractivity contribution in [1.29, 1.82) is 0 Å². The van der Waals surface area contributed by atoms with E-state index in [2.05, 4.69) is 20.3 Å². The lowest BCUT2D eigenvalue weighted by molar-refractivity contribution is 0.102. The lowest BCUT2D eigenvalue weighted by Gasteiger charge is -2.20. The van der Waals surface area contributed by atoms with E-state index in [-0.39, 0.29) is 11.5 Å². The van der Waals surface area contributed by atoms with Gasteiger partial charge in [0.2, 0.25) is 0 Å². The maximum atomic E-state index is 12.7. The Bertz CT molecular complexity index is 1280. The van der Waals surface area contributed by atoms with Crippen molar-refractivity contribution >= 4 is 33.5 Å². The molecule has 1 amide bonds. The van der Waals surface area contributed by atoms with Crippen LogP contribution in [0.15, 0.2) is 47.5 Å². The first-order chi connectivity index (χ1) is 14.7. The van der Waals surface area contributed by atoms with Crippen LogP contribution in [-0.4, -0.2) is 25.8 Å². The van der Waals surface area contributed by atoms with Crippen molar-refractivity contribution in [3.8, 4) is 0 Å². The van der Waals surface area contributed by atoms with Gasteiger partial charge in [0.25, 0.3) is 11.5 Å². The molecule has 7 nitrogen and oxygen atoms in total. The van der Waals surface area contributed by atoms with E-state index in [1.54, 1.807) is 18.2 Å². The Hall–Kier alpha value is -3.48. The van der Waals surface area contributed by atoms with Gasteiger partial charge in [-0.3, -0.25) is 9.59 Å². The summed E-state index contributed by atoms with van der Waals surface area (Å²) < 4.78 is 0. The van der Waals surface area contributed by atoms with Gasteiger partial charge in [0.05, 0.1) is 28.3 Å². The van der Waals surface area contributed by atoms with Crippen molar-refractivity contribution in [1.82, 2.24) is 19.9 Å². The molecule has 2 heterocycles. The summed E-state index contributed by atoms with van der Waals surface area (Å²) in [5.41, 5.74) is 3.20. The monoisotopic (exact) mass is 401 g/mol. The van der Waals surface area contributed by atoms with Gasteiger partial charge in [0.15, 0.2) is 0 Å². The van der Waals surface area contributed by atoms with E-state index in [0.29, 0.717) is 28.1 Å². The third kappa shape index (κ3) is 3.70. The number of benzene rings is 2. The Morgan fingerprint density at radius 3 is 2.77 bits per heavy atom. The van der Waals surface area contributed by atoms with Gasteiger partial charge in [0.1, 0.15) is 5.82 Å². The second kappa shape index (κ2) is 7.74. The number of fused-ring (bicyclic) bond motifs is 2. The molecule has 0 aliphatic heterocycles. The minimum Gasteiger partial charge on any atom is -0.342 e. The number of anilines is 1. The Balaban J connectivity index is 1.35. The summed E-state index contributed by atoms with van der Waals surface area (Å²) in [6.45, 7) is 0. The van der Waals surface area contributed by atoms with Crippen molar-refractivity contribution < 1.29 is 4.79 Å². The summed E-state index contributed by atoms with van der Waals surface area (Å²) in [6, 6.07) is 10.6. The molecule has 0 radical (unpaired) electrons. The molecule has 1 aliphatic rings. The van der Waals surface area contributed by atoms with Crippen molar-refractivity contribution in [2.45, 2.75) is 38.5 Å². The minimum absolute atomic E-state index is 0.265. The van der Waals surface area contributed by atoms with Gasteiger partial charge >= 0.3 is 0 Å². The molecule has 0 atom stereocenters. The van der Waals surface area contributed by atoms with Gasteiger partial charge in [-0.25, -0.2) is 9.97 Å². The highest BCUT2D eigenvalue weighted by Gasteiger charge is 2.16. The molecular weight excluding hydrogens is 378 g/mol. The van der Waals surface area contributed by atoms with Gasteiger partial charge in [-0.05, 0) is 42.3 Å². The van der Waals surface area contributed by atoms with Gasteiger partial charge in [-0.15, -0.1) is 0 Å². The summed E-state index contributed by atoms with van der Waals surface area (Å²) in [6.07, 6.45) is 8.88. The van der Waals surface area contributed by atoms with E-state index < -0.39 is 0 Å². The SMILES string of the molecule is O=C(Nc1ccc2nc(CC3CCCCC3)[nH]c2c1)c1ccc2nc[nH]c(=O)c2c1. The zero-order valence-electron chi connectivity index (χ0n) is 16.6. The molecule has 0 bridgehead atoms. The maximum Gasteiger partial charge on any atom is 0.258 e. The van der Waals surface area contributed by atoms with Crippen LogP contribution in [0.1, 0.15) is 48.3 Å². The highest BCUT2D eigenvalue weighted by atomic mass is 16.1. The number of H-pyrrole nitrogens is 2. The summed E-state index contributed by atoms with van der Waals surface area (Å²) in [7, 11) is 0. The number of nitrogens with zero attached hydrogens (tertiary/aromatic N) is 2. The maximum absolute atomic E-state index is 12.7. The molecule has 152 valence electrons. The van der Waals surface area contributed by atoms with Crippen LogP contribution in [0.5, 0.6) is 0 Å². The summed E-state index contributed by atoms with van der Waals surface area (Å²) in [5.74, 6) is 1.45. The quantitative estimate of drug-likeness (QED) is 0.477. The highest BCUT2D eigenvalue weighted by molar-refractivity contribution is 6.06. The van der Waals surface area contributed by atoms with Crippen LogP contribution in [0.3, 0.4) is 0 Å². The summed E-state index contributed by atoms with van der Waals surface area (Å²) in [5, 5.41) is 3.30. The number of carbonyl (C=O) groups excluding carboxylic acids is 1. The normalized spacial score (nSPS) is 14.9. The number of carbonyl (C=O) groups is 1. The lowest BCUT2D eigenvalue weighted by Crippen LogP contribution is -2.13. The van der Waals surface area contributed by atoms with Crippen molar-refractivity contribution in [3.63, 3.8) is 0 Å². The molecule has 3 N–H and O–H groups in total. The Kier molecular flexibility index (Phi) is 4.78. The molecule has 1 fully saturated rings. The van der Waals surface area contributed by atoms with Crippen LogP contribution in [0.4, 0.5) is 5.69 Å². The highest BCUT2D eigenvalue weighted by Crippen LogP contribution is 2.27. The number of amides is 1. The molecular formula is C23H23N5O2. The number of hydrogen-bond acceptors (Lipinski definition) is 4. The number of imidazole rings is 1. The van der Waals surface area contributed by atoms with Crippen molar-refractivity contribution in [2.24, 2.45) is 5.92 Å². The lowest BCUT2D eigenvalue weighted by atomic mass is 9.87. The predicted molar refractivity (Wildman–Crippen MR) is 117 cm³/mol. The van der Waals surface area contributed by atoms with E-state index in [1.807, 2.05) is 18.2 Å². The molecule has 2 aromatic carbocycles. The zero-order chi connectivity index (χ0) is 20.5. The van der Waals surface area contributed by atoms with Crippen LogP contribution >= 0.6 is 0 Å². The van der Waals surface area contributed by atoms with Crippen molar-refractivity contribution in [3.05, 3.63) is 64.5 Å². The molecule has 1 aliphatic carbocycles. The van der Waals surface area contributed by atoms with Crippen molar-refractivity contribution in [2.75, 3.05) is 5.32 Å². The fourth-order valence-corrected chi connectivity index (χ4v) is 4.31. The Morgan fingerprint density at radius 2 is 1.90 bits per heavy atom. The average Bonchev–Trinajstić information content (AvgIpc) is 3.16. The molecule has 5 rings (SSSR count). The van der Waals surface area contributed by atoms with Gasteiger partial charge < -0.3 is 15.3 Å². The Labute approximate surface area is 173 Å². The van der Waals surface area contributed by atoms with E-state index in [9.17, 15) is 9.59 Å². The van der Waals surface area contributed by atoms with Crippen LogP contribution in [0, 0.1) is 5.92 Å². The number of rotatable bonds is 4. The first-order valence-corrected chi connectivity index (χ1v) is 10.4. The fraction of sp³-hybridized carbons (Fsp3) is 0.304. The van der Waals surface area contributed by atoms with Gasteiger partial charge in [-0.2, -0.15) is 0 Å². The van der Waals surface area contributed by atoms with E-state index >= 15 is 0 Å². The van der Waals surface area contributed by atoms with E-state index in [4.69, 9.17) is 4.98 Å². The van der Waals surface area contributed by atoms with E-state index in [0.717, 1.165) is 23.3 Å². The third-order valence-corrected chi connectivity index (χ3v) is 5.90. The summed E-state index contributed by atoms with van der Waals surface area (Å²) >= 11 is 0. The Morgan fingerprint density at radius 1 is 1.07 bits per heavy atom. The second-order valence-electron chi connectivity index (χ2n) is 8.04. The van der Waals surface area contributed by atoms with Crippen LogP contribution < -0.4 is 10.9 Å². The van der Waals surface area contributed by atoms with Crippen LogP contribution in [0.2, 0.25) is 0 Å². The number of aromatic amines is 2. The topological polar surface area (TPSA) is 104 Å². The molecule has 1 saturated carbocycles. The smallest absolute Gasteiger partial charge is 0.258 e. The van der Waals surface area contributed by atoms with Crippen LogP contribution in [-0.2, 0) is 6.42 Å². The fourth-order valence-electron chi connectivity index (χ4n) is 4.31. The first kappa shape index (κ1) is 18.5. The van der Waals surface area contributed by atoms with E-state index in [1.165, 1.54) is 38.4 Å². The number of hydrogen-bond donors (Lipinski definition) is 3. The van der Waals surface area contributed by atoms with Crippen LogP contribution in [0.25, 0.3) is 21.9 Å². The van der Waals surface area contributed by atoms with Gasteiger partial charge in [0, 0.05) is 17.7 Å². The van der Waals surface area contributed by atoms with Gasteiger partial charge in [-0.1, -0.05) is 32.1 Å². The average molecular weight is 401 g/mol. The third-order valence-electron chi connectivity index (χ3n) is 5.90. The molecule has 2 aromatic heterocycles. The second-order valence-corrected chi connectivity index (χ2v) is 8.04.